The van der Waals surface area contributed by atoms with Crippen molar-refractivity contribution in [1.29, 1.82) is 0 Å². The van der Waals surface area contributed by atoms with Crippen LogP contribution >= 0.6 is 0 Å². The van der Waals surface area contributed by atoms with Crippen LogP contribution < -0.4 is 0 Å². The highest BCUT2D eigenvalue weighted by atomic mass is 16.7. The van der Waals surface area contributed by atoms with Crippen LogP contribution in [0.15, 0.2) is 0 Å². The number of unbranched alkanes of at least 4 members (excludes halogenated alkanes) is 2. The molecule has 0 aromatic rings. The minimum absolute atomic E-state index is 0.0552. The summed E-state index contributed by atoms with van der Waals surface area (Å²) in [5.41, 5.74) is 0. The van der Waals surface area contributed by atoms with Gasteiger partial charge in [-0.1, -0.05) is 0 Å². The Bertz CT molecular complexity index is 154. The van der Waals surface area contributed by atoms with Gasteiger partial charge in [-0.25, -0.2) is 0 Å². The number of rotatable bonds is 5. The van der Waals surface area contributed by atoms with E-state index >= 15 is 0 Å². The van der Waals surface area contributed by atoms with Crippen molar-refractivity contribution in [3.05, 3.63) is 0 Å². The van der Waals surface area contributed by atoms with Crippen LogP contribution in [-0.4, -0.2) is 19.5 Å². The Morgan fingerprint density at radius 1 is 1.38 bits per heavy atom. The molecule has 0 amide bonds. The lowest BCUT2D eigenvalue weighted by Gasteiger charge is -2.22. The van der Waals surface area contributed by atoms with E-state index < -0.39 is 0 Å². The maximum Gasteiger partial charge on any atom is 0.157 e. The summed E-state index contributed by atoms with van der Waals surface area (Å²) in [6.07, 6.45) is 11.6. The van der Waals surface area contributed by atoms with Crippen LogP contribution in [-0.2, 0) is 9.47 Å². The van der Waals surface area contributed by atoms with Gasteiger partial charge in [0, 0.05) is 19.6 Å². The van der Waals surface area contributed by atoms with Gasteiger partial charge in [0.2, 0.25) is 0 Å². The molecule has 1 heterocycles. The van der Waals surface area contributed by atoms with E-state index in [-0.39, 0.29) is 6.29 Å². The second-order valence-electron chi connectivity index (χ2n) is 3.33. The topological polar surface area (TPSA) is 18.5 Å². The predicted molar refractivity (Wildman–Crippen MR) is 52.2 cm³/mol. The van der Waals surface area contributed by atoms with E-state index in [0.29, 0.717) is 0 Å². The summed E-state index contributed by atoms with van der Waals surface area (Å²) in [5.74, 6) is 2.62. The number of terminal acetylenes is 1. The molecule has 1 aliphatic rings. The zero-order valence-corrected chi connectivity index (χ0v) is 8.13. The van der Waals surface area contributed by atoms with Crippen molar-refractivity contribution in [3.63, 3.8) is 0 Å². The fourth-order valence-electron chi connectivity index (χ4n) is 1.39. The van der Waals surface area contributed by atoms with Crippen molar-refractivity contribution < 1.29 is 9.47 Å². The Hall–Kier alpha value is -0.520. The number of ether oxygens (including phenoxy) is 2. The van der Waals surface area contributed by atoms with Gasteiger partial charge in [0.1, 0.15) is 0 Å². The lowest BCUT2D eigenvalue weighted by atomic mass is 10.2. The SMILES string of the molecule is C#CCCCCO[C@@H]1CCCCO1. The first-order valence-electron chi connectivity index (χ1n) is 5.10. The molecule has 0 radical (unpaired) electrons. The quantitative estimate of drug-likeness (QED) is 0.480. The van der Waals surface area contributed by atoms with Crippen LogP contribution in [0, 0.1) is 12.3 Å². The fraction of sp³-hybridized carbons (Fsp3) is 0.818. The van der Waals surface area contributed by atoms with Crippen molar-refractivity contribution in [1.82, 2.24) is 0 Å². The van der Waals surface area contributed by atoms with Crippen LogP contribution in [0.5, 0.6) is 0 Å². The molecule has 0 spiro atoms. The fourth-order valence-corrected chi connectivity index (χ4v) is 1.39. The van der Waals surface area contributed by atoms with Crippen LogP contribution in [0.2, 0.25) is 0 Å². The normalized spacial score (nSPS) is 22.5. The lowest BCUT2D eigenvalue weighted by molar-refractivity contribution is -0.162. The Labute approximate surface area is 80.6 Å². The van der Waals surface area contributed by atoms with Crippen molar-refractivity contribution >= 4 is 0 Å². The molecular weight excluding hydrogens is 164 g/mol. The molecule has 0 bridgehead atoms. The molecule has 0 aromatic heterocycles. The van der Waals surface area contributed by atoms with Crippen LogP contribution in [0.3, 0.4) is 0 Å². The van der Waals surface area contributed by atoms with Gasteiger partial charge in [0.15, 0.2) is 6.29 Å². The van der Waals surface area contributed by atoms with Crippen LogP contribution in [0.4, 0.5) is 0 Å². The first-order valence-corrected chi connectivity index (χ1v) is 5.10. The first kappa shape index (κ1) is 10.6. The molecule has 1 saturated heterocycles. The molecule has 0 aromatic carbocycles. The summed E-state index contributed by atoms with van der Waals surface area (Å²) >= 11 is 0. The third-order valence-corrected chi connectivity index (χ3v) is 2.16. The number of hydrogen-bond donors (Lipinski definition) is 0. The molecular formula is C11H18O2. The molecule has 0 saturated carbocycles. The summed E-state index contributed by atoms with van der Waals surface area (Å²) in [4.78, 5) is 0. The molecule has 1 atom stereocenters. The standard InChI is InChI=1S/C11H18O2/c1-2-3-4-6-9-12-11-8-5-7-10-13-11/h1,11H,3-10H2/t11-/m0/s1. The monoisotopic (exact) mass is 182 g/mol. The van der Waals surface area contributed by atoms with E-state index in [1.165, 1.54) is 12.8 Å². The van der Waals surface area contributed by atoms with E-state index in [4.69, 9.17) is 15.9 Å². The van der Waals surface area contributed by atoms with Gasteiger partial charge in [-0.2, -0.15) is 0 Å². The summed E-state index contributed by atoms with van der Waals surface area (Å²) in [6, 6.07) is 0. The van der Waals surface area contributed by atoms with Crippen LogP contribution in [0.1, 0.15) is 38.5 Å². The molecule has 74 valence electrons. The minimum atomic E-state index is 0.0552. The lowest BCUT2D eigenvalue weighted by Crippen LogP contribution is -2.22. The highest BCUT2D eigenvalue weighted by molar-refractivity contribution is 4.82. The Morgan fingerprint density at radius 3 is 3.00 bits per heavy atom. The van der Waals surface area contributed by atoms with E-state index in [1.54, 1.807) is 0 Å². The van der Waals surface area contributed by atoms with Crippen molar-refractivity contribution in [2.75, 3.05) is 13.2 Å². The second kappa shape index (κ2) is 6.94. The highest BCUT2D eigenvalue weighted by Crippen LogP contribution is 2.13. The largest absolute Gasteiger partial charge is 0.353 e. The third-order valence-electron chi connectivity index (χ3n) is 2.16. The summed E-state index contributed by atoms with van der Waals surface area (Å²) in [5, 5.41) is 0. The van der Waals surface area contributed by atoms with Gasteiger partial charge >= 0.3 is 0 Å². The Kier molecular flexibility index (Phi) is 5.64. The molecule has 1 aliphatic heterocycles. The van der Waals surface area contributed by atoms with Gasteiger partial charge in [-0.05, 0) is 32.1 Å². The average molecular weight is 182 g/mol. The molecule has 0 N–H and O–H groups in total. The van der Waals surface area contributed by atoms with Gasteiger partial charge in [0.05, 0.1) is 0 Å². The smallest absolute Gasteiger partial charge is 0.157 e. The molecule has 1 rings (SSSR count). The van der Waals surface area contributed by atoms with Crippen molar-refractivity contribution in [2.45, 2.75) is 44.8 Å². The van der Waals surface area contributed by atoms with E-state index in [2.05, 4.69) is 5.92 Å². The predicted octanol–water partition coefficient (Wildman–Crippen LogP) is 2.33. The summed E-state index contributed by atoms with van der Waals surface area (Å²) < 4.78 is 11.0. The van der Waals surface area contributed by atoms with Gasteiger partial charge in [0.25, 0.3) is 0 Å². The van der Waals surface area contributed by atoms with Crippen molar-refractivity contribution in [2.24, 2.45) is 0 Å². The molecule has 13 heavy (non-hydrogen) atoms. The van der Waals surface area contributed by atoms with Gasteiger partial charge < -0.3 is 9.47 Å². The Morgan fingerprint density at radius 2 is 2.31 bits per heavy atom. The maximum atomic E-state index is 5.54. The van der Waals surface area contributed by atoms with Gasteiger partial charge in [-0.15, -0.1) is 12.3 Å². The molecule has 2 heteroatoms. The van der Waals surface area contributed by atoms with E-state index in [9.17, 15) is 0 Å². The highest BCUT2D eigenvalue weighted by Gasteiger charge is 2.12. The number of hydrogen-bond acceptors (Lipinski definition) is 2. The molecule has 2 nitrogen and oxygen atoms in total. The van der Waals surface area contributed by atoms with E-state index in [1.807, 2.05) is 0 Å². The second-order valence-corrected chi connectivity index (χ2v) is 3.33. The Balaban J connectivity index is 1.90. The van der Waals surface area contributed by atoms with Gasteiger partial charge in [-0.3, -0.25) is 0 Å². The summed E-state index contributed by atoms with van der Waals surface area (Å²) in [6.45, 7) is 1.64. The zero-order chi connectivity index (χ0) is 9.36. The van der Waals surface area contributed by atoms with E-state index in [0.717, 1.165) is 38.9 Å². The van der Waals surface area contributed by atoms with Crippen LogP contribution in [0.25, 0.3) is 0 Å². The molecule has 0 unspecified atom stereocenters. The average Bonchev–Trinajstić information content (AvgIpc) is 2.19. The molecule has 0 aliphatic carbocycles. The minimum Gasteiger partial charge on any atom is -0.353 e. The molecule has 1 fully saturated rings. The third kappa shape index (κ3) is 4.92. The first-order chi connectivity index (χ1) is 6.43. The zero-order valence-electron chi connectivity index (χ0n) is 8.13. The van der Waals surface area contributed by atoms with Crippen molar-refractivity contribution in [3.8, 4) is 12.3 Å². The maximum absolute atomic E-state index is 5.54. The summed E-state index contributed by atoms with van der Waals surface area (Å²) in [7, 11) is 0.